The van der Waals surface area contributed by atoms with Crippen LogP contribution in [0.2, 0.25) is 0 Å². The normalized spacial score (nSPS) is 15.7. The zero-order chi connectivity index (χ0) is 20.5. The maximum atomic E-state index is 12.6. The van der Waals surface area contributed by atoms with Crippen LogP contribution in [0.15, 0.2) is 24.4 Å². The molecule has 1 fully saturated rings. The Bertz CT molecular complexity index is 803. The molecule has 28 heavy (non-hydrogen) atoms. The topological polar surface area (TPSA) is 63.1 Å². The molecular formula is C22H33N5O. The SMILES string of the molecule is CC(C)(C)c1cc(Cn2cc(C(=O)N3CCNCC3)nn2)cc(C(C)(C)C)c1. The zero-order valence-corrected chi connectivity index (χ0v) is 18.0. The Labute approximate surface area is 168 Å². The van der Waals surface area contributed by atoms with Crippen molar-refractivity contribution in [2.24, 2.45) is 0 Å². The Morgan fingerprint density at radius 3 is 2.11 bits per heavy atom. The second-order valence-electron chi connectivity index (χ2n) is 9.76. The van der Waals surface area contributed by atoms with Gasteiger partial charge >= 0.3 is 0 Å². The molecule has 1 saturated heterocycles. The fraction of sp³-hybridized carbons (Fsp3) is 0.591. The molecule has 0 unspecified atom stereocenters. The van der Waals surface area contributed by atoms with E-state index in [9.17, 15) is 4.79 Å². The first-order valence-electron chi connectivity index (χ1n) is 10.1. The minimum absolute atomic E-state index is 0.0356. The highest BCUT2D eigenvalue weighted by atomic mass is 16.2. The summed E-state index contributed by atoms with van der Waals surface area (Å²) in [5.74, 6) is -0.0356. The van der Waals surface area contributed by atoms with E-state index in [2.05, 4.69) is 75.4 Å². The van der Waals surface area contributed by atoms with Crippen LogP contribution in [0.3, 0.4) is 0 Å². The van der Waals surface area contributed by atoms with Crippen LogP contribution in [0.4, 0.5) is 0 Å². The Morgan fingerprint density at radius 2 is 1.57 bits per heavy atom. The predicted octanol–water partition coefficient (Wildman–Crippen LogP) is 2.97. The Balaban J connectivity index is 1.83. The summed E-state index contributed by atoms with van der Waals surface area (Å²) in [4.78, 5) is 14.5. The van der Waals surface area contributed by atoms with Crippen LogP contribution in [0.1, 0.15) is 68.7 Å². The van der Waals surface area contributed by atoms with Gasteiger partial charge in [-0.3, -0.25) is 4.79 Å². The molecule has 1 amide bonds. The van der Waals surface area contributed by atoms with Gasteiger partial charge in [0.15, 0.2) is 5.69 Å². The molecule has 1 aromatic heterocycles. The quantitative estimate of drug-likeness (QED) is 0.885. The monoisotopic (exact) mass is 383 g/mol. The summed E-state index contributed by atoms with van der Waals surface area (Å²) in [6, 6.07) is 6.80. The highest BCUT2D eigenvalue weighted by Gasteiger charge is 2.22. The fourth-order valence-corrected chi connectivity index (χ4v) is 3.34. The van der Waals surface area contributed by atoms with E-state index in [1.165, 1.54) is 16.7 Å². The van der Waals surface area contributed by atoms with Crippen molar-refractivity contribution in [3.05, 3.63) is 46.8 Å². The van der Waals surface area contributed by atoms with E-state index in [4.69, 9.17) is 0 Å². The lowest BCUT2D eigenvalue weighted by molar-refractivity contribution is 0.0729. The van der Waals surface area contributed by atoms with Crippen molar-refractivity contribution in [1.29, 1.82) is 0 Å². The van der Waals surface area contributed by atoms with Crippen LogP contribution in [-0.2, 0) is 17.4 Å². The average molecular weight is 384 g/mol. The van der Waals surface area contributed by atoms with Crippen LogP contribution in [-0.4, -0.2) is 52.0 Å². The van der Waals surface area contributed by atoms with Gasteiger partial charge in [-0.2, -0.15) is 0 Å². The fourth-order valence-electron chi connectivity index (χ4n) is 3.34. The van der Waals surface area contributed by atoms with E-state index in [1.54, 1.807) is 10.9 Å². The van der Waals surface area contributed by atoms with Crippen molar-refractivity contribution in [3.63, 3.8) is 0 Å². The standard InChI is InChI=1S/C22H33N5O/c1-21(2,3)17-11-16(12-18(13-17)22(4,5)6)14-27-15-19(24-25-27)20(28)26-9-7-23-8-10-26/h11-13,15,23H,7-10,14H2,1-6H3. The Hall–Kier alpha value is -2.21. The van der Waals surface area contributed by atoms with Gasteiger partial charge in [0.2, 0.25) is 0 Å². The largest absolute Gasteiger partial charge is 0.335 e. The van der Waals surface area contributed by atoms with Gasteiger partial charge < -0.3 is 10.2 Å². The number of hydrogen-bond acceptors (Lipinski definition) is 4. The van der Waals surface area contributed by atoms with E-state index < -0.39 is 0 Å². The minimum atomic E-state index is -0.0356. The van der Waals surface area contributed by atoms with E-state index in [1.807, 2.05) is 4.90 Å². The number of carbonyl (C=O) groups is 1. The lowest BCUT2D eigenvalue weighted by Crippen LogP contribution is -2.46. The third kappa shape index (κ3) is 4.79. The maximum absolute atomic E-state index is 12.6. The highest BCUT2D eigenvalue weighted by molar-refractivity contribution is 5.92. The van der Waals surface area contributed by atoms with E-state index >= 15 is 0 Å². The van der Waals surface area contributed by atoms with Gasteiger partial charge in [0, 0.05) is 26.2 Å². The second-order valence-corrected chi connectivity index (χ2v) is 9.76. The summed E-state index contributed by atoms with van der Waals surface area (Å²) < 4.78 is 1.77. The molecule has 1 aromatic carbocycles. The number of amides is 1. The summed E-state index contributed by atoms with van der Waals surface area (Å²) in [5.41, 5.74) is 4.37. The molecule has 1 N–H and O–H groups in total. The number of carbonyl (C=O) groups excluding carboxylic acids is 1. The predicted molar refractivity (Wildman–Crippen MR) is 112 cm³/mol. The smallest absolute Gasteiger partial charge is 0.276 e. The lowest BCUT2D eigenvalue weighted by atomic mass is 9.79. The molecule has 0 saturated carbocycles. The molecule has 2 heterocycles. The number of benzene rings is 1. The third-order valence-corrected chi connectivity index (χ3v) is 5.23. The molecule has 0 radical (unpaired) electrons. The average Bonchev–Trinajstić information content (AvgIpc) is 3.08. The molecular weight excluding hydrogens is 350 g/mol. The number of nitrogens with one attached hydrogen (secondary N) is 1. The first-order chi connectivity index (χ1) is 13.0. The van der Waals surface area contributed by atoms with Crippen LogP contribution in [0.25, 0.3) is 0 Å². The number of aromatic nitrogens is 3. The summed E-state index contributed by atoms with van der Waals surface area (Å²) in [6.07, 6.45) is 1.77. The molecule has 0 aliphatic carbocycles. The molecule has 0 bridgehead atoms. The number of nitrogens with zero attached hydrogens (tertiary/aromatic N) is 4. The molecule has 0 spiro atoms. The molecule has 152 valence electrons. The van der Waals surface area contributed by atoms with Gasteiger partial charge in [0.05, 0.1) is 12.7 Å². The van der Waals surface area contributed by atoms with Crippen molar-refractivity contribution in [2.45, 2.75) is 58.9 Å². The number of hydrogen-bond donors (Lipinski definition) is 1. The minimum Gasteiger partial charge on any atom is -0.335 e. The van der Waals surface area contributed by atoms with E-state index in [0.717, 1.165) is 13.1 Å². The Morgan fingerprint density at radius 1 is 1.00 bits per heavy atom. The van der Waals surface area contributed by atoms with Gasteiger partial charge in [0.1, 0.15) is 0 Å². The van der Waals surface area contributed by atoms with Crippen molar-refractivity contribution in [1.82, 2.24) is 25.2 Å². The first-order valence-corrected chi connectivity index (χ1v) is 10.1. The van der Waals surface area contributed by atoms with Crippen molar-refractivity contribution in [3.8, 4) is 0 Å². The van der Waals surface area contributed by atoms with Gasteiger partial charge in [0.25, 0.3) is 5.91 Å². The molecule has 2 aromatic rings. The summed E-state index contributed by atoms with van der Waals surface area (Å²) in [5, 5.41) is 11.6. The van der Waals surface area contributed by atoms with Crippen LogP contribution >= 0.6 is 0 Å². The molecule has 1 aliphatic heterocycles. The van der Waals surface area contributed by atoms with Gasteiger partial charge in [-0.15, -0.1) is 5.10 Å². The third-order valence-electron chi connectivity index (χ3n) is 5.23. The van der Waals surface area contributed by atoms with Gasteiger partial charge in [-0.05, 0) is 27.5 Å². The summed E-state index contributed by atoms with van der Waals surface area (Å²) in [6.45, 7) is 17.1. The summed E-state index contributed by atoms with van der Waals surface area (Å²) >= 11 is 0. The second kappa shape index (κ2) is 7.66. The van der Waals surface area contributed by atoms with Crippen molar-refractivity contribution in [2.75, 3.05) is 26.2 Å². The zero-order valence-electron chi connectivity index (χ0n) is 18.0. The van der Waals surface area contributed by atoms with Crippen LogP contribution < -0.4 is 5.32 Å². The summed E-state index contributed by atoms with van der Waals surface area (Å²) in [7, 11) is 0. The Kier molecular flexibility index (Phi) is 5.62. The molecule has 1 aliphatic rings. The van der Waals surface area contributed by atoms with Crippen LogP contribution in [0.5, 0.6) is 0 Å². The molecule has 0 atom stereocenters. The number of rotatable bonds is 3. The van der Waals surface area contributed by atoms with E-state index in [0.29, 0.717) is 25.3 Å². The molecule has 6 heteroatoms. The van der Waals surface area contributed by atoms with Crippen LogP contribution in [0, 0.1) is 0 Å². The van der Waals surface area contributed by atoms with Gasteiger partial charge in [-0.25, -0.2) is 4.68 Å². The maximum Gasteiger partial charge on any atom is 0.276 e. The number of piperazine rings is 1. The highest BCUT2D eigenvalue weighted by Crippen LogP contribution is 2.30. The first kappa shape index (κ1) is 20.5. The van der Waals surface area contributed by atoms with Crippen molar-refractivity contribution >= 4 is 5.91 Å². The van der Waals surface area contributed by atoms with Crippen molar-refractivity contribution < 1.29 is 4.79 Å². The molecule has 6 nitrogen and oxygen atoms in total. The molecule has 3 rings (SSSR count). The van der Waals surface area contributed by atoms with E-state index in [-0.39, 0.29) is 16.7 Å². The lowest BCUT2D eigenvalue weighted by Gasteiger charge is -2.26. The van der Waals surface area contributed by atoms with Gasteiger partial charge in [-0.1, -0.05) is 65.0 Å².